The number of nitrogens with one attached hydrogen (secondary N) is 1. The Balaban J connectivity index is 2.24. The van der Waals surface area contributed by atoms with Crippen LogP contribution in [-0.4, -0.2) is 20.3 Å². The minimum absolute atomic E-state index is 0.257. The predicted octanol–water partition coefficient (Wildman–Crippen LogP) is 2.01. The van der Waals surface area contributed by atoms with E-state index in [1.807, 2.05) is 44.2 Å². The highest BCUT2D eigenvalue weighted by Gasteiger charge is 2.15. The van der Waals surface area contributed by atoms with E-state index < -0.39 is 6.10 Å². The minimum Gasteiger partial charge on any atom is -0.380 e. The van der Waals surface area contributed by atoms with Crippen molar-refractivity contribution in [3.63, 3.8) is 0 Å². The largest absolute Gasteiger partial charge is 0.380 e. The maximum atomic E-state index is 10.1. The van der Waals surface area contributed by atoms with Crippen LogP contribution in [0.15, 0.2) is 30.3 Å². The summed E-state index contributed by atoms with van der Waals surface area (Å²) in [6, 6.07) is 9.41. The molecule has 16 heavy (non-hydrogen) atoms. The Labute approximate surface area is 94.4 Å². The van der Waals surface area contributed by atoms with Crippen LogP contribution in [0.3, 0.4) is 0 Å². The van der Waals surface area contributed by atoms with Crippen LogP contribution in [0, 0.1) is 0 Å². The fourth-order valence-electron chi connectivity index (χ4n) is 1.46. The maximum Gasteiger partial charge on any atom is 0.158 e. The van der Waals surface area contributed by atoms with Crippen LogP contribution in [0.25, 0.3) is 0 Å². The first-order chi connectivity index (χ1) is 7.68. The summed E-state index contributed by atoms with van der Waals surface area (Å²) in [4.78, 5) is 4.27. The van der Waals surface area contributed by atoms with Crippen LogP contribution in [-0.2, 0) is 0 Å². The predicted molar refractivity (Wildman–Crippen MR) is 61.0 cm³/mol. The molecule has 0 radical (unpaired) electrons. The Kier molecular flexibility index (Phi) is 3.01. The van der Waals surface area contributed by atoms with Crippen molar-refractivity contribution < 1.29 is 5.11 Å². The average Bonchev–Trinajstić information content (AvgIpc) is 2.78. The molecule has 2 N–H and O–H groups in total. The summed E-state index contributed by atoms with van der Waals surface area (Å²) in [5.41, 5.74) is 0.814. The fourth-order valence-corrected chi connectivity index (χ4v) is 1.46. The van der Waals surface area contributed by atoms with Gasteiger partial charge < -0.3 is 5.11 Å². The number of H-pyrrole nitrogens is 1. The van der Waals surface area contributed by atoms with Crippen molar-refractivity contribution >= 4 is 0 Å². The SMILES string of the molecule is CC(C)c1n[nH]c(C(O)c2ccccc2)n1. The van der Waals surface area contributed by atoms with Gasteiger partial charge in [-0.2, -0.15) is 5.10 Å². The molecule has 2 aromatic rings. The molecule has 0 amide bonds. The average molecular weight is 217 g/mol. The van der Waals surface area contributed by atoms with Crippen molar-refractivity contribution in [3.8, 4) is 0 Å². The molecule has 1 unspecified atom stereocenters. The van der Waals surface area contributed by atoms with E-state index in [0.29, 0.717) is 5.82 Å². The first kappa shape index (κ1) is 10.8. The molecule has 0 saturated heterocycles. The number of hydrogen-bond acceptors (Lipinski definition) is 3. The molecule has 0 saturated carbocycles. The molecule has 0 spiro atoms. The minimum atomic E-state index is -0.735. The van der Waals surface area contributed by atoms with Crippen molar-refractivity contribution in [2.75, 3.05) is 0 Å². The summed E-state index contributed by atoms with van der Waals surface area (Å²) < 4.78 is 0. The highest BCUT2D eigenvalue weighted by Crippen LogP contribution is 2.19. The smallest absolute Gasteiger partial charge is 0.158 e. The van der Waals surface area contributed by atoms with E-state index in [-0.39, 0.29) is 5.92 Å². The van der Waals surface area contributed by atoms with E-state index in [9.17, 15) is 5.11 Å². The van der Waals surface area contributed by atoms with Crippen LogP contribution in [0.1, 0.15) is 43.1 Å². The van der Waals surface area contributed by atoms with Crippen molar-refractivity contribution in [3.05, 3.63) is 47.5 Å². The topological polar surface area (TPSA) is 61.8 Å². The van der Waals surface area contributed by atoms with Crippen molar-refractivity contribution in [2.24, 2.45) is 0 Å². The number of benzene rings is 1. The van der Waals surface area contributed by atoms with E-state index in [2.05, 4.69) is 15.2 Å². The second-order valence-electron chi connectivity index (χ2n) is 4.05. The molecule has 4 nitrogen and oxygen atoms in total. The molecule has 1 aromatic heterocycles. The monoisotopic (exact) mass is 217 g/mol. The summed E-state index contributed by atoms with van der Waals surface area (Å²) in [6.45, 7) is 4.03. The Bertz CT molecular complexity index is 450. The highest BCUT2D eigenvalue weighted by molar-refractivity contribution is 5.22. The number of hydrogen-bond donors (Lipinski definition) is 2. The molecule has 84 valence electrons. The van der Waals surface area contributed by atoms with E-state index in [1.54, 1.807) is 0 Å². The molecular formula is C12H15N3O. The lowest BCUT2D eigenvalue weighted by Crippen LogP contribution is -2.02. The van der Waals surface area contributed by atoms with Crippen LogP contribution in [0.4, 0.5) is 0 Å². The number of aromatic amines is 1. The zero-order valence-electron chi connectivity index (χ0n) is 9.38. The van der Waals surface area contributed by atoms with Gasteiger partial charge in [0.25, 0.3) is 0 Å². The van der Waals surface area contributed by atoms with Crippen molar-refractivity contribution in [1.82, 2.24) is 15.2 Å². The fraction of sp³-hybridized carbons (Fsp3) is 0.333. The van der Waals surface area contributed by atoms with Gasteiger partial charge >= 0.3 is 0 Å². The van der Waals surface area contributed by atoms with Crippen LogP contribution < -0.4 is 0 Å². The lowest BCUT2D eigenvalue weighted by molar-refractivity contribution is 0.210. The van der Waals surface area contributed by atoms with Gasteiger partial charge in [0.05, 0.1) is 0 Å². The standard InChI is InChI=1S/C12H15N3O/c1-8(2)11-13-12(15-14-11)10(16)9-6-4-3-5-7-9/h3-8,10,16H,1-2H3,(H,13,14,15). The lowest BCUT2D eigenvalue weighted by atomic mass is 10.1. The first-order valence-corrected chi connectivity index (χ1v) is 5.33. The third-order valence-electron chi connectivity index (χ3n) is 2.41. The molecule has 4 heteroatoms. The summed E-state index contributed by atoms with van der Waals surface area (Å²) in [7, 11) is 0. The van der Waals surface area contributed by atoms with Gasteiger partial charge in [0.15, 0.2) is 11.6 Å². The summed E-state index contributed by atoms with van der Waals surface area (Å²) >= 11 is 0. The van der Waals surface area contributed by atoms with Gasteiger partial charge in [-0.15, -0.1) is 0 Å². The van der Waals surface area contributed by atoms with Gasteiger partial charge in [0, 0.05) is 5.92 Å². The highest BCUT2D eigenvalue weighted by atomic mass is 16.3. The third-order valence-corrected chi connectivity index (χ3v) is 2.41. The maximum absolute atomic E-state index is 10.1. The Morgan fingerprint density at radius 2 is 1.88 bits per heavy atom. The number of aliphatic hydroxyl groups excluding tert-OH is 1. The van der Waals surface area contributed by atoms with Gasteiger partial charge in [-0.1, -0.05) is 44.2 Å². The second-order valence-corrected chi connectivity index (χ2v) is 4.05. The summed E-state index contributed by atoms with van der Waals surface area (Å²) in [6.07, 6.45) is -0.735. The zero-order chi connectivity index (χ0) is 11.5. The first-order valence-electron chi connectivity index (χ1n) is 5.33. The Morgan fingerprint density at radius 1 is 1.19 bits per heavy atom. The van der Waals surface area contributed by atoms with Gasteiger partial charge in [-0.25, -0.2) is 4.98 Å². The molecule has 2 rings (SSSR count). The molecule has 0 aliphatic rings. The number of rotatable bonds is 3. The van der Waals surface area contributed by atoms with Gasteiger partial charge in [-0.3, -0.25) is 5.10 Å². The van der Waals surface area contributed by atoms with E-state index >= 15 is 0 Å². The van der Waals surface area contributed by atoms with E-state index in [0.717, 1.165) is 11.4 Å². The molecule has 0 fully saturated rings. The third kappa shape index (κ3) is 2.12. The van der Waals surface area contributed by atoms with Crippen molar-refractivity contribution in [1.29, 1.82) is 0 Å². The second kappa shape index (κ2) is 4.45. The summed E-state index contributed by atoms with van der Waals surface area (Å²) in [5, 5.41) is 16.9. The molecule has 1 aromatic carbocycles. The van der Waals surface area contributed by atoms with Crippen LogP contribution in [0.5, 0.6) is 0 Å². The number of aromatic nitrogens is 3. The Hall–Kier alpha value is -1.68. The van der Waals surface area contributed by atoms with Gasteiger partial charge in [0.2, 0.25) is 0 Å². The number of aliphatic hydroxyl groups is 1. The molecular weight excluding hydrogens is 202 g/mol. The molecule has 0 aliphatic carbocycles. The van der Waals surface area contributed by atoms with Gasteiger partial charge in [-0.05, 0) is 5.56 Å². The summed E-state index contributed by atoms with van der Waals surface area (Å²) in [5.74, 6) is 1.48. The van der Waals surface area contributed by atoms with E-state index in [1.165, 1.54) is 0 Å². The lowest BCUT2D eigenvalue weighted by Gasteiger charge is -2.06. The normalized spacial score (nSPS) is 13.0. The molecule has 0 aliphatic heterocycles. The van der Waals surface area contributed by atoms with Crippen LogP contribution >= 0.6 is 0 Å². The molecule has 1 atom stereocenters. The van der Waals surface area contributed by atoms with Crippen LogP contribution in [0.2, 0.25) is 0 Å². The quantitative estimate of drug-likeness (QED) is 0.826. The zero-order valence-corrected chi connectivity index (χ0v) is 9.38. The Morgan fingerprint density at radius 3 is 2.44 bits per heavy atom. The molecule has 0 bridgehead atoms. The van der Waals surface area contributed by atoms with Crippen molar-refractivity contribution in [2.45, 2.75) is 25.9 Å². The number of nitrogens with zero attached hydrogens (tertiary/aromatic N) is 2. The van der Waals surface area contributed by atoms with Gasteiger partial charge in [0.1, 0.15) is 6.10 Å². The molecule has 1 heterocycles. The van der Waals surface area contributed by atoms with E-state index in [4.69, 9.17) is 0 Å².